The molecule has 2 unspecified atom stereocenters. The number of aliphatic hydroxyl groups excluding tert-OH is 1. The van der Waals surface area contributed by atoms with Gasteiger partial charge in [0.05, 0.1) is 0 Å². The molecule has 0 spiro atoms. The van der Waals surface area contributed by atoms with Crippen molar-refractivity contribution < 1.29 is 10.0 Å². The maximum Gasteiger partial charge on any atom is 0.372 e. The molecule has 7 nitrogen and oxygen atoms in total. The molecule has 102 valence electrons. The Bertz CT molecular complexity index is 608. The second kappa shape index (κ2) is 4.78. The van der Waals surface area contributed by atoms with Crippen molar-refractivity contribution in [1.29, 1.82) is 0 Å². The molecular formula is C11H14N4O3S. The zero-order valence-corrected chi connectivity index (χ0v) is 11.0. The predicted octanol–water partition coefficient (Wildman–Crippen LogP) is 1.88. The Morgan fingerprint density at radius 2 is 2.47 bits per heavy atom. The first-order valence-electron chi connectivity index (χ1n) is 6.18. The lowest BCUT2D eigenvalue weighted by atomic mass is 10.1. The Labute approximate surface area is 113 Å². The highest BCUT2D eigenvalue weighted by atomic mass is 32.1. The number of imidazole rings is 1. The normalized spacial score (nSPS) is 23.0. The van der Waals surface area contributed by atoms with E-state index in [2.05, 4.69) is 10.3 Å². The van der Waals surface area contributed by atoms with Crippen LogP contribution in [0.5, 0.6) is 0 Å². The summed E-state index contributed by atoms with van der Waals surface area (Å²) < 4.78 is 1.48. The number of hydrogen-bond donors (Lipinski definition) is 2. The number of nitrogens with one attached hydrogen (secondary N) is 1. The SMILES string of the molecule is O=[N+]([O-])c1c(NC2CCCC2CO)nc2sccn12. The Kier molecular flexibility index (Phi) is 3.11. The van der Waals surface area contributed by atoms with Gasteiger partial charge in [-0.05, 0) is 17.8 Å². The fourth-order valence-electron chi connectivity index (χ4n) is 2.67. The van der Waals surface area contributed by atoms with Crippen molar-refractivity contribution in [2.24, 2.45) is 5.92 Å². The highest BCUT2D eigenvalue weighted by molar-refractivity contribution is 7.15. The topological polar surface area (TPSA) is 92.7 Å². The molecule has 19 heavy (non-hydrogen) atoms. The van der Waals surface area contributed by atoms with Gasteiger partial charge in [0.2, 0.25) is 5.82 Å². The van der Waals surface area contributed by atoms with E-state index in [9.17, 15) is 15.2 Å². The van der Waals surface area contributed by atoms with Crippen LogP contribution < -0.4 is 5.32 Å². The number of fused-ring (bicyclic) bond motifs is 1. The van der Waals surface area contributed by atoms with E-state index < -0.39 is 4.92 Å². The molecule has 1 aliphatic carbocycles. The smallest absolute Gasteiger partial charge is 0.372 e. The molecule has 0 saturated heterocycles. The van der Waals surface area contributed by atoms with Crippen molar-refractivity contribution in [2.75, 3.05) is 11.9 Å². The van der Waals surface area contributed by atoms with E-state index in [4.69, 9.17) is 0 Å². The second-order valence-corrected chi connectivity index (χ2v) is 5.59. The zero-order valence-electron chi connectivity index (χ0n) is 10.2. The summed E-state index contributed by atoms with van der Waals surface area (Å²) in [6.07, 6.45) is 4.53. The van der Waals surface area contributed by atoms with E-state index in [0.717, 1.165) is 19.3 Å². The molecule has 1 aliphatic rings. The van der Waals surface area contributed by atoms with Gasteiger partial charge in [-0.25, -0.2) is 0 Å². The predicted molar refractivity (Wildman–Crippen MR) is 71.6 cm³/mol. The van der Waals surface area contributed by atoms with Crippen LogP contribution >= 0.6 is 11.3 Å². The molecule has 8 heteroatoms. The molecule has 0 amide bonds. The Balaban J connectivity index is 1.93. The summed E-state index contributed by atoms with van der Waals surface area (Å²) in [6.45, 7) is 0.105. The molecule has 2 atom stereocenters. The van der Waals surface area contributed by atoms with Crippen LogP contribution in [-0.4, -0.2) is 32.1 Å². The molecule has 2 N–H and O–H groups in total. The van der Waals surface area contributed by atoms with Gasteiger partial charge in [-0.2, -0.15) is 9.38 Å². The van der Waals surface area contributed by atoms with Gasteiger partial charge in [0.25, 0.3) is 4.96 Å². The fraction of sp³-hybridized carbons (Fsp3) is 0.545. The highest BCUT2D eigenvalue weighted by Gasteiger charge is 2.31. The molecule has 0 aromatic carbocycles. The number of hydrogen-bond acceptors (Lipinski definition) is 6. The maximum atomic E-state index is 11.2. The summed E-state index contributed by atoms with van der Waals surface area (Å²) in [6, 6.07) is 0.0632. The van der Waals surface area contributed by atoms with Gasteiger partial charge in [-0.15, -0.1) is 0 Å². The lowest BCUT2D eigenvalue weighted by Gasteiger charge is -2.18. The summed E-state index contributed by atoms with van der Waals surface area (Å²) in [5.41, 5.74) is 0. The number of thiazole rings is 1. The number of nitro groups is 1. The molecule has 1 fully saturated rings. The number of anilines is 1. The molecule has 3 rings (SSSR count). The second-order valence-electron chi connectivity index (χ2n) is 4.72. The third-order valence-corrected chi connectivity index (χ3v) is 4.38. The maximum absolute atomic E-state index is 11.2. The van der Waals surface area contributed by atoms with Crippen molar-refractivity contribution in [1.82, 2.24) is 9.38 Å². The van der Waals surface area contributed by atoms with Crippen molar-refractivity contribution in [3.63, 3.8) is 0 Å². The number of aromatic nitrogens is 2. The third kappa shape index (κ3) is 2.06. The van der Waals surface area contributed by atoms with Crippen molar-refractivity contribution in [2.45, 2.75) is 25.3 Å². The van der Waals surface area contributed by atoms with Crippen LogP contribution in [0.3, 0.4) is 0 Å². The number of nitrogens with zero attached hydrogens (tertiary/aromatic N) is 3. The van der Waals surface area contributed by atoms with Crippen LogP contribution in [0.15, 0.2) is 11.6 Å². The Hall–Kier alpha value is -1.67. The summed E-state index contributed by atoms with van der Waals surface area (Å²) in [5, 5.41) is 25.4. The third-order valence-electron chi connectivity index (χ3n) is 3.63. The highest BCUT2D eigenvalue weighted by Crippen LogP contribution is 2.33. The van der Waals surface area contributed by atoms with Crippen LogP contribution in [0.4, 0.5) is 11.6 Å². The minimum atomic E-state index is -0.419. The van der Waals surface area contributed by atoms with Gasteiger partial charge in [-0.1, -0.05) is 17.8 Å². The molecule has 2 aromatic heterocycles. The minimum Gasteiger partial charge on any atom is -0.396 e. The van der Waals surface area contributed by atoms with Crippen LogP contribution in [0.1, 0.15) is 19.3 Å². The quantitative estimate of drug-likeness (QED) is 0.659. The first-order valence-corrected chi connectivity index (χ1v) is 7.06. The summed E-state index contributed by atoms with van der Waals surface area (Å²) in [7, 11) is 0. The largest absolute Gasteiger partial charge is 0.396 e. The van der Waals surface area contributed by atoms with E-state index in [1.807, 2.05) is 0 Å². The van der Waals surface area contributed by atoms with E-state index in [1.54, 1.807) is 11.6 Å². The molecule has 0 bridgehead atoms. The first-order chi connectivity index (χ1) is 9.20. The van der Waals surface area contributed by atoms with Crippen molar-refractivity contribution >= 4 is 27.9 Å². The number of aliphatic hydroxyl groups is 1. The summed E-state index contributed by atoms with van der Waals surface area (Å²) in [4.78, 5) is 15.6. The molecule has 0 radical (unpaired) electrons. The van der Waals surface area contributed by atoms with Crippen LogP contribution in [-0.2, 0) is 0 Å². The van der Waals surface area contributed by atoms with E-state index in [1.165, 1.54) is 15.7 Å². The fourth-order valence-corrected chi connectivity index (χ4v) is 3.38. The van der Waals surface area contributed by atoms with Crippen molar-refractivity contribution in [3.05, 3.63) is 21.7 Å². The van der Waals surface area contributed by atoms with Gasteiger partial charge in [0.15, 0.2) is 0 Å². The zero-order chi connectivity index (χ0) is 13.4. The molecule has 2 heterocycles. The average molecular weight is 282 g/mol. The summed E-state index contributed by atoms with van der Waals surface area (Å²) >= 11 is 1.36. The standard InChI is InChI=1S/C11H14N4O3S/c16-6-7-2-1-3-8(7)12-9-10(15(17)18)14-4-5-19-11(14)13-9/h4-5,7-8,12,16H,1-3,6H2. The Morgan fingerprint density at radius 3 is 3.21 bits per heavy atom. The minimum absolute atomic E-state index is 0.0279. The molecule has 2 aromatic rings. The average Bonchev–Trinajstić information content (AvgIpc) is 3.03. The monoisotopic (exact) mass is 282 g/mol. The number of rotatable bonds is 4. The summed E-state index contributed by atoms with van der Waals surface area (Å²) in [5.74, 6) is 0.432. The van der Waals surface area contributed by atoms with Gasteiger partial charge in [0, 0.05) is 23.9 Å². The van der Waals surface area contributed by atoms with Crippen LogP contribution in [0, 0.1) is 16.0 Å². The lowest BCUT2D eigenvalue weighted by Crippen LogP contribution is -2.26. The van der Waals surface area contributed by atoms with Crippen LogP contribution in [0.25, 0.3) is 4.96 Å². The molecule has 0 aliphatic heterocycles. The molecule has 1 saturated carbocycles. The Morgan fingerprint density at radius 1 is 1.63 bits per heavy atom. The van der Waals surface area contributed by atoms with Gasteiger partial charge >= 0.3 is 5.82 Å². The van der Waals surface area contributed by atoms with Crippen molar-refractivity contribution in [3.8, 4) is 0 Å². The van der Waals surface area contributed by atoms with E-state index in [0.29, 0.717) is 10.8 Å². The van der Waals surface area contributed by atoms with Crippen LogP contribution in [0.2, 0.25) is 0 Å². The van der Waals surface area contributed by atoms with Gasteiger partial charge < -0.3 is 20.5 Å². The van der Waals surface area contributed by atoms with E-state index >= 15 is 0 Å². The van der Waals surface area contributed by atoms with Gasteiger partial charge in [0.1, 0.15) is 6.20 Å². The lowest BCUT2D eigenvalue weighted by molar-refractivity contribution is -0.389. The van der Waals surface area contributed by atoms with E-state index in [-0.39, 0.29) is 24.4 Å². The molecular weight excluding hydrogens is 268 g/mol. The van der Waals surface area contributed by atoms with Gasteiger partial charge in [-0.3, -0.25) is 0 Å². The first kappa shape index (κ1) is 12.4.